The van der Waals surface area contributed by atoms with E-state index in [0.717, 1.165) is 44.6 Å². The first-order chi connectivity index (χ1) is 17.8. The molecule has 2 aromatic heterocycles. The Bertz CT molecular complexity index is 2050. The molecule has 4 heterocycles. The smallest absolute Gasteiger partial charge is 0.254 e. The quantitative estimate of drug-likeness (QED) is 0.237. The van der Waals surface area contributed by atoms with E-state index in [1.165, 1.54) is 36.9 Å². The summed E-state index contributed by atoms with van der Waals surface area (Å²) in [5.41, 5.74) is 9.31. The molecule has 0 bridgehead atoms. The Morgan fingerprint density at radius 1 is 0.611 bits per heavy atom. The molecule has 0 fully saturated rings. The van der Waals surface area contributed by atoms with Crippen molar-refractivity contribution in [2.45, 2.75) is 0 Å². The van der Waals surface area contributed by atoms with Crippen LogP contribution in [0.15, 0.2) is 108 Å². The van der Waals surface area contributed by atoms with Crippen LogP contribution in [0.1, 0.15) is 0 Å². The number of hydrogen-bond acceptors (Lipinski definition) is 3. The lowest BCUT2D eigenvalue weighted by atomic mass is 9.37. The third kappa shape index (κ3) is 2.32. The maximum atomic E-state index is 6.59. The summed E-state index contributed by atoms with van der Waals surface area (Å²) >= 11 is 1.89. The lowest BCUT2D eigenvalue weighted by molar-refractivity contribution is 0.488. The zero-order chi connectivity index (χ0) is 23.4. The standard InChI is InChI=1S/C32H17BO2S/c1-3-12-25-20(7-1)21-10-5-9-19(31(21)35-25)18-15-16-24-27(17-18)34-26-13-6-11-23-29(26)33(24)30-22-8-2-4-14-28(22)36-32(23)30/h1-17H. The van der Waals surface area contributed by atoms with E-state index in [0.29, 0.717) is 0 Å². The first-order valence-corrected chi connectivity index (χ1v) is 13.0. The molecule has 2 aliphatic heterocycles. The van der Waals surface area contributed by atoms with E-state index >= 15 is 0 Å². The van der Waals surface area contributed by atoms with Crippen molar-refractivity contribution in [3.05, 3.63) is 103 Å². The molecular formula is C32H17BO2S. The number of fused-ring (bicyclic) bond motifs is 10. The molecule has 2 nitrogen and oxygen atoms in total. The maximum Gasteiger partial charge on any atom is 0.254 e. The molecule has 0 atom stereocenters. The predicted octanol–water partition coefficient (Wildman–Crippen LogP) is 7.07. The summed E-state index contributed by atoms with van der Waals surface area (Å²) in [6.07, 6.45) is 0. The third-order valence-corrected chi connectivity index (χ3v) is 9.00. The van der Waals surface area contributed by atoms with Crippen LogP contribution in [0.5, 0.6) is 11.5 Å². The lowest BCUT2D eigenvalue weighted by Gasteiger charge is -2.25. The first-order valence-electron chi connectivity index (χ1n) is 12.2. The highest BCUT2D eigenvalue weighted by molar-refractivity contribution is 7.26. The molecule has 5 aromatic carbocycles. The number of ether oxygens (including phenoxy) is 1. The summed E-state index contributed by atoms with van der Waals surface area (Å²) in [7, 11) is 0. The van der Waals surface area contributed by atoms with Crippen molar-refractivity contribution in [3.8, 4) is 33.1 Å². The van der Waals surface area contributed by atoms with Gasteiger partial charge in [0.05, 0.1) is 0 Å². The van der Waals surface area contributed by atoms with Crippen LogP contribution < -0.4 is 21.1 Å². The van der Waals surface area contributed by atoms with Crippen LogP contribution in [-0.2, 0) is 0 Å². The molecule has 0 unspecified atom stereocenters. The van der Waals surface area contributed by atoms with Gasteiger partial charge in [-0.2, -0.15) is 0 Å². The molecular weight excluding hydrogens is 459 g/mol. The minimum Gasteiger partial charge on any atom is -0.458 e. The van der Waals surface area contributed by atoms with Gasteiger partial charge >= 0.3 is 0 Å². The third-order valence-electron chi connectivity index (χ3n) is 7.78. The highest BCUT2D eigenvalue weighted by Crippen LogP contribution is 2.42. The van der Waals surface area contributed by atoms with Crippen LogP contribution in [-0.4, -0.2) is 6.71 Å². The normalized spacial score (nSPS) is 13.2. The average Bonchev–Trinajstić information content (AvgIpc) is 3.59. The van der Waals surface area contributed by atoms with Crippen molar-refractivity contribution in [2.75, 3.05) is 0 Å². The van der Waals surface area contributed by atoms with Gasteiger partial charge in [-0.05, 0) is 57.2 Å². The van der Waals surface area contributed by atoms with Crippen LogP contribution in [0.2, 0.25) is 0 Å². The topological polar surface area (TPSA) is 22.4 Å². The van der Waals surface area contributed by atoms with Gasteiger partial charge in [0.25, 0.3) is 6.71 Å². The Balaban J connectivity index is 1.28. The van der Waals surface area contributed by atoms with E-state index in [-0.39, 0.29) is 6.71 Å². The number of furan rings is 1. The average molecular weight is 476 g/mol. The molecule has 0 saturated heterocycles. The zero-order valence-corrected chi connectivity index (χ0v) is 19.9. The second-order valence-electron chi connectivity index (χ2n) is 9.63. The van der Waals surface area contributed by atoms with Gasteiger partial charge in [0, 0.05) is 25.9 Å². The molecule has 2 aliphatic rings. The van der Waals surface area contributed by atoms with Crippen molar-refractivity contribution in [2.24, 2.45) is 0 Å². The van der Waals surface area contributed by atoms with Gasteiger partial charge in [0.2, 0.25) is 0 Å². The van der Waals surface area contributed by atoms with E-state index < -0.39 is 0 Å². The van der Waals surface area contributed by atoms with Crippen LogP contribution in [0, 0.1) is 0 Å². The second kappa shape index (κ2) is 6.69. The minimum absolute atomic E-state index is 0.196. The van der Waals surface area contributed by atoms with E-state index in [1.54, 1.807) is 0 Å². The van der Waals surface area contributed by atoms with E-state index in [2.05, 4.69) is 91.0 Å². The van der Waals surface area contributed by atoms with Crippen LogP contribution in [0.4, 0.5) is 0 Å². The highest BCUT2D eigenvalue weighted by atomic mass is 32.1. The van der Waals surface area contributed by atoms with Crippen molar-refractivity contribution >= 4 is 66.5 Å². The maximum absolute atomic E-state index is 6.59. The molecule has 0 spiro atoms. The summed E-state index contributed by atoms with van der Waals surface area (Å²) in [6, 6.07) is 36.6. The SMILES string of the molecule is c1cc2c3c(c1)-c1sc4ccccc4c1B3c1ccc(-c3cccc4c3oc3ccccc34)cc1O2. The number of thiophene rings is 1. The van der Waals surface area contributed by atoms with Gasteiger partial charge in [0.15, 0.2) is 0 Å². The second-order valence-corrected chi connectivity index (χ2v) is 10.7. The molecule has 9 rings (SSSR count). The number of hydrogen-bond donors (Lipinski definition) is 0. The molecule has 0 saturated carbocycles. The van der Waals surface area contributed by atoms with Crippen LogP contribution >= 0.6 is 11.3 Å². The van der Waals surface area contributed by atoms with Gasteiger partial charge < -0.3 is 9.15 Å². The number of rotatable bonds is 1. The molecule has 166 valence electrons. The van der Waals surface area contributed by atoms with Gasteiger partial charge in [-0.1, -0.05) is 78.9 Å². The fourth-order valence-corrected chi connectivity index (χ4v) is 7.54. The minimum atomic E-state index is 0.196. The Labute approximate surface area is 211 Å². The molecule has 0 aliphatic carbocycles. The number of para-hydroxylation sites is 2. The van der Waals surface area contributed by atoms with E-state index in [4.69, 9.17) is 9.15 Å². The van der Waals surface area contributed by atoms with Crippen molar-refractivity contribution in [3.63, 3.8) is 0 Å². The Morgan fingerprint density at radius 2 is 1.42 bits per heavy atom. The Hall–Kier alpha value is -4.28. The lowest BCUT2D eigenvalue weighted by Crippen LogP contribution is -2.52. The molecule has 0 amide bonds. The Kier molecular flexibility index (Phi) is 3.52. The van der Waals surface area contributed by atoms with Crippen LogP contribution in [0.3, 0.4) is 0 Å². The predicted molar refractivity (Wildman–Crippen MR) is 151 cm³/mol. The van der Waals surface area contributed by atoms with Gasteiger partial charge in [0.1, 0.15) is 22.7 Å². The summed E-state index contributed by atoms with van der Waals surface area (Å²) < 4.78 is 14.3. The van der Waals surface area contributed by atoms with Crippen molar-refractivity contribution in [1.29, 1.82) is 0 Å². The molecule has 4 heteroatoms. The molecule has 0 N–H and O–H groups in total. The molecule has 0 radical (unpaired) electrons. The fourth-order valence-electron chi connectivity index (χ4n) is 6.26. The largest absolute Gasteiger partial charge is 0.458 e. The number of benzene rings is 5. The monoisotopic (exact) mass is 476 g/mol. The summed E-state index contributed by atoms with van der Waals surface area (Å²) in [5.74, 6) is 1.90. The summed E-state index contributed by atoms with van der Waals surface area (Å²) in [5, 5.41) is 3.64. The summed E-state index contributed by atoms with van der Waals surface area (Å²) in [6.45, 7) is 0.196. The van der Waals surface area contributed by atoms with E-state index in [9.17, 15) is 0 Å². The van der Waals surface area contributed by atoms with E-state index in [1.807, 2.05) is 23.5 Å². The van der Waals surface area contributed by atoms with Crippen molar-refractivity contribution in [1.82, 2.24) is 0 Å². The Morgan fingerprint density at radius 3 is 2.39 bits per heavy atom. The first kappa shape index (κ1) is 19.0. The zero-order valence-electron chi connectivity index (χ0n) is 19.1. The highest BCUT2D eigenvalue weighted by Gasteiger charge is 2.43. The van der Waals surface area contributed by atoms with Crippen LogP contribution in [0.25, 0.3) is 53.6 Å². The van der Waals surface area contributed by atoms with Gasteiger partial charge in [-0.3, -0.25) is 0 Å². The van der Waals surface area contributed by atoms with Crippen molar-refractivity contribution < 1.29 is 9.15 Å². The summed E-state index contributed by atoms with van der Waals surface area (Å²) in [4.78, 5) is 1.38. The van der Waals surface area contributed by atoms with Gasteiger partial charge in [-0.25, -0.2) is 0 Å². The molecule has 7 aromatic rings. The molecule has 36 heavy (non-hydrogen) atoms. The van der Waals surface area contributed by atoms with Gasteiger partial charge in [-0.15, -0.1) is 11.3 Å². The fraction of sp³-hybridized carbons (Fsp3) is 0.